The number of halogens is 1. The Hall–Kier alpha value is -2.27. The van der Waals surface area contributed by atoms with Gasteiger partial charge in [-0.15, -0.1) is 0 Å². The van der Waals surface area contributed by atoms with Gasteiger partial charge < -0.3 is 10.2 Å². The second-order valence-corrected chi connectivity index (χ2v) is 6.70. The van der Waals surface area contributed by atoms with E-state index in [1.165, 1.54) is 17.8 Å². The van der Waals surface area contributed by atoms with Crippen LogP contribution in [0.1, 0.15) is 27.5 Å². The van der Waals surface area contributed by atoms with E-state index in [0.29, 0.717) is 18.4 Å². The van der Waals surface area contributed by atoms with Crippen molar-refractivity contribution in [2.24, 2.45) is 11.8 Å². The van der Waals surface area contributed by atoms with Crippen LogP contribution in [0.2, 0.25) is 0 Å². The molecule has 0 radical (unpaired) electrons. The quantitative estimate of drug-likeness (QED) is 0.923. The van der Waals surface area contributed by atoms with Crippen molar-refractivity contribution >= 4 is 5.91 Å². The van der Waals surface area contributed by atoms with Gasteiger partial charge in [-0.05, 0) is 30.0 Å². The maximum Gasteiger partial charge on any atom is 0.257 e. The summed E-state index contributed by atoms with van der Waals surface area (Å²) in [6, 6.07) is 9.63. The number of hydrogen-bond acceptors (Lipinski definition) is 3. The van der Waals surface area contributed by atoms with E-state index in [0.717, 1.165) is 24.8 Å². The third-order valence-electron chi connectivity index (χ3n) is 5.34. The summed E-state index contributed by atoms with van der Waals surface area (Å²) in [6.45, 7) is 4.54. The third-order valence-corrected chi connectivity index (χ3v) is 5.34. The monoisotopic (exact) mass is 325 g/mol. The molecule has 3 atom stereocenters. The van der Waals surface area contributed by atoms with E-state index in [4.69, 9.17) is 0 Å². The fourth-order valence-electron chi connectivity index (χ4n) is 4.15. The second-order valence-electron chi connectivity index (χ2n) is 6.70. The van der Waals surface area contributed by atoms with Crippen LogP contribution >= 0.6 is 0 Å². The number of aryl methyl sites for hydroxylation is 1. The lowest BCUT2D eigenvalue weighted by Crippen LogP contribution is -2.35. The molecule has 1 aromatic carbocycles. The lowest BCUT2D eigenvalue weighted by molar-refractivity contribution is 0.0708. The Morgan fingerprint density at radius 3 is 2.92 bits per heavy atom. The lowest BCUT2D eigenvalue weighted by atomic mass is 9.87. The zero-order valence-electron chi connectivity index (χ0n) is 13.6. The zero-order chi connectivity index (χ0) is 16.7. The van der Waals surface area contributed by atoms with Gasteiger partial charge in [0.25, 0.3) is 5.91 Å². The van der Waals surface area contributed by atoms with Crippen LogP contribution in [0.25, 0.3) is 0 Å². The molecule has 2 aliphatic heterocycles. The molecule has 2 saturated heterocycles. The highest BCUT2D eigenvalue weighted by Crippen LogP contribution is 2.44. The molecule has 0 bridgehead atoms. The molecular weight excluding hydrogens is 305 g/mol. The predicted octanol–water partition coefficient (Wildman–Crippen LogP) is 2.56. The fourth-order valence-corrected chi connectivity index (χ4v) is 4.15. The molecule has 24 heavy (non-hydrogen) atoms. The molecule has 1 amide bonds. The number of amides is 1. The SMILES string of the molecule is Cc1ccccc1[C@H]1[C@H]2CNC[C@H]2CN1C(=O)c1ccncc1F. The molecule has 1 aromatic heterocycles. The number of aromatic nitrogens is 1. The molecule has 1 N–H and O–H groups in total. The second kappa shape index (κ2) is 5.98. The standard InChI is InChI=1S/C19H20FN3O/c1-12-4-2-3-5-14(12)18-16-9-22-8-13(16)11-23(18)19(24)15-6-7-21-10-17(15)20/h2-7,10,13,16,18,22H,8-9,11H2,1H3/t13-,16-,18-/m0/s1. The number of pyridine rings is 1. The van der Waals surface area contributed by atoms with Gasteiger partial charge in [-0.1, -0.05) is 24.3 Å². The Bertz CT molecular complexity index is 779. The molecule has 2 aliphatic rings. The van der Waals surface area contributed by atoms with Crippen LogP contribution in [0, 0.1) is 24.6 Å². The minimum atomic E-state index is -0.554. The van der Waals surface area contributed by atoms with Gasteiger partial charge in [0, 0.05) is 31.7 Å². The van der Waals surface area contributed by atoms with E-state index < -0.39 is 5.82 Å². The minimum absolute atomic E-state index is 0.00809. The first-order valence-corrected chi connectivity index (χ1v) is 8.33. The Kier molecular flexibility index (Phi) is 3.81. The first-order chi connectivity index (χ1) is 11.7. The number of nitrogens with zero attached hydrogens (tertiary/aromatic N) is 2. The number of nitrogens with one attached hydrogen (secondary N) is 1. The van der Waals surface area contributed by atoms with Gasteiger partial charge in [-0.25, -0.2) is 4.39 Å². The van der Waals surface area contributed by atoms with Crippen molar-refractivity contribution in [1.82, 2.24) is 15.2 Å². The Morgan fingerprint density at radius 1 is 1.29 bits per heavy atom. The summed E-state index contributed by atoms with van der Waals surface area (Å²) in [4.78, 5) is 18.6. The number of fused-ring (bicyclic) bond motifs is 1. The van der Waals surface area contributed by atoms with E-state index >= 15 is 0 Å². The zero-order valence-corrected chi connectivity index (χ0v) is 13.6. The van der Waals surface area contributed by atoms with Crippen LogP contribution in [0.15, 0.2) is 42.7 Å². The topological polar surface area (TPSA) is 45.2 Å². The summed E-state index contributed by atoms with van der Waals surface area (Å²) in [7, 11) is 0. The average molecular weight is 325 g/mol. The van der Waals surface area contributed by atoms with Gasteiger partial charge in [0.1, 0.15) is 0 Å². The number of likely N-dealkylation sites (tertiary alicyclic amines) is 1. The number of benzene rings is 1. The van der Waals surface area contributed by atoms with Crippen molar-refractivity contribution in [2.75, 3.05) is 19.6 Å². The number of rotatable bonds is 2. The highest BCUT2D eigenvalue weighted by Gasteiger charge is 2.47. The molecule has 0 aliphatic carbocycles. The van der Waals surface area contributed by atoms with E-state index in [1.54, 1.807) is 0 Å². The normalized spacial score (nSPS) is 25.8. The van der Waals surface area contributed by atoms with Crippen LogP contribution < -0.4 is 5.32 Å². The number of hydrogen-bond donors (Lipinski definition) is 1. The fraction of sp³-hybridized carbons (Fsp3) is 0.368. The Balaban J connectivity index is 1.75. The van der Waals surface area contributed by atoms with Gasteiger partial charge in [0.05, 0.1) is 17.8 Å². The predicted molar refractivity (Wildman–Crippen MR) is 89.0 cm³/mol. The Labute approximate surface area is 140 Å². The summed E-state index contributed by atoms with van der Waals surface area (Å²) in [6.07, 6.45) is 2.58. The van der Waals surface area contributed by atoms with Crippen LogP contribution in [-0.4, -0.2) is 35.4 Å². The van der Waals surface area contributed by atoms with Crippen molar-refractivity contribution in [3.8, 4) is 0 Å². The van der Waals surface area contributed by atoms with Crippen molar-refractivity contribution in [2.45, 2.75) is 13.0 Å². The molecule has 4 nitrogen and oxygen atoms in total. The van der Waals surface area contributed by atoms with Crippen LogP contribution in [0.4, 0.5) is 4.39 Å². The van der Waals surface area contributed by atoms with Crippen LogP contribution in [0.5, 0.6) is 0 Å². The molecular formula is C19H20FN3O. The minimum Gasteiger partial charge on any atom is -0.331 e. The molecule has 4 rings (SSSR count). The molecule has 2 fully saturated rings. The van der Waals surface area contributed by atoms with Crippen molar-refractivity contribution in [3.63, 3.8) is 0 Å². The molecule has 124 valence electrons. The summed E-state index contributed by atoms with van der Waals surface area (Å²) >= 11 is 0. The smallest absolute Gasteiger partial charge is 0.257 e. The van der Waals surface area contributed by atoms with Gasteiger partial charge >= 0.3 is 0 Å². The summed E-state index contributed by atoms with van der Waals surface area (Å²) in [5.41, 5.74) is 2.44. The molecule has 3 heterocycles. The summed E-state index contributed by atoms with van der Waals surface area (Å²) in [5.74, 6) is 0.00201. The van der Waals surface area contributed by atoms with Crippen LogP contribution in [-0.2, 0) is 0 Å². The van der Waals surface area contributed by atoms with Crippen molar-refractivity contribution in [1.29, 1.82) is 0 Å². The summed E-state index contributed by atoms with van der Waals surface area (Å²) in [5, 5.41) is 3.43. The average Bonchev–Trinajstić information content (AvgIpc) is 3.16. The number of carbonyl (C=O) groups excluding carboxylic acids is 1. The van der Waals surface area contributed by atoms with Crippen LogP contribution in [0.3, 0.4) is 0 Å². The van der Waals surface area contributed by atoms with E-state index in [-0.39, 0.29) is 17.5 Å². The molecule has 0 spiro atoms. The number of carbonyl (C=O) groups is 1. The van der Waals surface area contributed by atoms with Gasteiger partial charge in [-0.3, -0.25) is 9.78 Å². The van der Waals surface area contributed by atoms with Crippen molar-refractivity contribution in [3.05, 3.63) is 65.2 Å². The summed E-state index contributed by atoms with van der Waals surface area (Å²) < 4.78 is 14.1. The Morgan fingerprint density at radius 2 is 2.12 bits per heavy atom. The molecule has 5 heteroatoms. The highest BCUT2D eigenvalue weighted by molar-refractivity contribution is 5.95. The highest BCUT2D eigenvalue weighted by atomic mass is 19.1. The van der Waals surface area contributed by atoms with Gasteiger partial charge in [-0.2, -0.15) is 0 Å². The third kappa shape index (κ3) is 2.40. The molecule has 0 unspecified atom stereocenters. The first-order valence-electron chi connectivity index (χ1n) is 8.33. The van der Waals surface area contributed by atoms with Gasteiger partial charge in [0.2, 0.25) is 0 Å². The lowest BCUT2D eigenvalue weighted by Gasteiger charge is -2.29. The maximum atomic E-state index is 14.1. The van der Waals surface area contributed by atoms with E-state index in [9.17, 15) is 9.18 Å². The first kappa shape index (κ1) is 15.3. The molecule has 0 saturated carbocycles. The van der Waals surface area contributed by atoms with Crippen molar-refractivity contribution < 1.29 is 9.18 Å². The van der Waals surface area contributed by atoms with Gasteiger partial charge in [0.15, 0.2) is 5.82 Å². The largest absolute Gasteiger partial charge is 0.331 e. The molecule has 2 aromatic rings. The van der Waals surface area contributed by atoms with E-state index in [1.807, 2.05) is 17.0 Å². The van der Waals surface area contributed by atoms with E-state index in [2.05, 4.69) is 29.4 Å². The maximum absolute atomic E-state index is 14.1.